The lowest BCUT2D eigenvalue weighted by atomic mass is 10.0. The summed E-state index contributed by atoms with van der Waals surface area (Å²) in [6, 6.07) is 9.29. The van der Waals surface area contributed by atoms with Crippen LogP contribution in [0.5, 0.6) is 11.5 Å². The van der Waals surface area contributed by atoms with Crippen molar-refractivity contribution in [2.45, 2.75) is 0 Å². The van der Waals surface area contributed by atoms with Crippen molar-refractivity contribution in [3.63, 3.8) is 0 Å². The van der Waals surface area contributed by atoms with E-state index in [9.17, 15) is 9.18 Å². The minimum Gasteiger partial charge on any atom is -0.486 e. The van der Waals surface area contributed by atoms with E-state index in [2.05, 4.69) is 0 Å². The summed E-state index contributed by atoms with van der Waals surface area (Å²) >= 11 is 0. The molecule has 1 heterocycles. The third kappa shape index (κ3) is 2.18. The first-order valence-corrected chi connectivity index (χ1v) is 6.08. The Bertz CT molecular complexity index is 682. The zero-order valence-electron chi connectivity index (χ0n) is 10.4. The van der Waals surface area contributed by atoms with Gasteiger partial charge in [-0.15, -0.1) is 0 Å². The van der Waals surface area contributed by atoms with Crippen LogP contribution >= 0.6 is 0 Å². The number of hydrogen-bond donors (Lipinski definition) is 1. The van der Waals surface area contributed by atoms with Crippen LogP contribution in [0.15, 0.2) is 36.4 Å². The lowest BCUT2D eigenvalue weighted by molar-refractivity contribution is 0.0692. The Morgan fingerprint density at radius 2 is 1.65 bits per heavy atom. The van der Waals surface area contributed by atoms with Gasteiger partial charge in [0, 0.05) is 0 Å². The molecule has 0 saturated carbocycles. The fourth-order valence-corrected chi connectivity index (χ4v) is 2.09. The number of ether oxygens (including phenoxy) is 2. The van der Waals surface area contributed by atoms with Crippen LogP contribution < -0.4 is 9.47 Å². The van der Waals surface area contributed by atoms with Crippen molar-refractivity contribution in [3.05, 3.63) is 47.8 Å². The van der Waals surface area contributed by atoms with Gasteiger partial charge in [-0.1, -0.05) is 12.1 Å². The average Bonchev–Trinajstić information content (AvgIpc) is 2.47. The highest BCUT2D eigenvalue weighted by atomic mass is 19.1. The maximum Gasteiger partial charge on any atom is 0.338 e. The minimum absolute atomic E-state index is 0.350. The van der Waals surface area contributed by atoms with Crippen LogP contribution in [0.2, 0.25) is 0 Å². The predicted molar refractivity (Wildman–Crippen MR) is 69.8 cm³/mol. The molecule has 2 aromatic carbocycles. The Kier molecular flexibility index (Phi) is 3.02. The van der Waals surface area contributed by atoms with Gasteiger partial charge in [0.05, 0.1) is 5.56 Å². The molecule has 102 valence electrons. The van der Waals surface area contributed by atoms with Gasteiger partial charge in [0.25, 0.3) is 0 Å². The molecule has 20 heavy (non-hydrogen) atoms. The van der Waals surface area contributed by atoms with Crippen LogP contribution in [0, 0.1) is 5.82 Å². The van der Waals surface area contributed by atoms with Gasteiger partial charge in [0.15, 0.2) is 11.5 Å². The van der Waals surface area contributed by atoms with Crippen LogP contribution in [0.3, 0.4) is 0 Å². The van der Waals surface area contributed by atoms with E-state index in [1.807, 2.05) is 0 Å². The summed E-state index contributed by atoms with van der Waals surface area (Å²) in [4.78, 5) is 11.0. The van der Waals surface area contributed by atoms with Crippen LogP contribution in [-0.2, 0) is 0 Å². The number of carboxylic acids is 1. The van der Waals surface area contributed by atoms with Crippen molar-refractivity contribution in [2.24, 2.45) is 0 Å². The van der Waals surface area contributed by atoms with Crippen molar-refractivity contribution in [1.29, 1.82) is 0 Å². The normalized spacial score (nSPS) is 13.1. The first-order valence-electron chi connectivity index (χ1n) is 6.08. The molecule has 1 N–H and O–H groups in total. The fraction of sp³-hybridized carbons (Fsp3) is 0.133. The van der Waals surface area contributed by atoms with E-state index in [1.54, 1.807) is 18.2 Å². The summed E-state index contributed by atoms with van der Waals surface area (Å²) in [6.07, 6.45) is 0. The molecule has 0 spiro atoms. The van der Waals surface area contributed by atoms with Gasteiger partial charge in [-0.25, -0.2) is 9.18 Å². The molecule has 0 bridgehead atoms. The Labute approximate surface area is 114 Å². The van der Waals surface area contributed by atoms with Crippen LogP contribution in [0.25, 0.3) is 11.1 Å². The highest BCUT2D eigenvalue weighted by Crippen LogP contribution is 2.34. The van der Waals surface area contributed by atoms with Gasteiger partial charge in [-0.05, 0) is 35.4 Å². The summed E-state index contributed by atoms with van der Waals surface area (Å²) in [5.41, 5.74) is 1.01. The first kappa shape index (κ1) is 12.5. The van der Waals surface area contributed by atoms with Crippen molar-refractivity contribution in [3.8, 4) is 22.6 Å². The maximum absolute atomic E-state index is 13.4. The molecule has 0 atom stereocenters. The molecule has 0 unspecified atom stereocenters. The molecular formula is C15H11FO4. The maximum atomic E-state index is 13.4. The molecule has 5 heteroatoms. The molecule has 1 aliphatic heterocycles. The Hall–Kier alpha value is -2.56. The molecule has 0 saturated heterocycles. The van der Waals surface area contributed by atoms with Crippen molar-refractivity contribution in [1.82, 2.24) is 0 Å². The van der Waals surface area contributed by atoms with E-state index < -0.39 is 11.8 Å². The Balaban J connectivity index is 2.05. The quantitative estimate of drug-likeness (QED) is 0.914. The first-order chi connectivity index (χ1) is 9.65. The second-order valence-electron chi connectivity index (χ2n) is 4.36. The lowest BCUT2D eigenvalue weighted by Gasteiger charge is -2.19. The molecule has 4 nitrogen and oxygen atoms in total. The summed E-state index contributed by atoms with van der Waals surface area (Å²) in [6.45, 7) is 0.978. The molecule has 1 aliphatic rings. The monoisotopic (exact) mass is 274 g/mol. The summed E-state index contributed by atoms with van der Waals surface area (Å²) in [5, 5.41) is 8.94. The second-order valence-corrected chi connectivity index (χ2v) is 4.36. The Morgan fingerprint density at radius 1 is 1.00 bits per heavy atom. The van der Waals surface area contributed by atoms with Gasteiger partial charge < -0.3 is 14.6 Å². The van der Waals surface area contributed by atoms with Crippen LogP contribution in [-0.4, -0.2) is 24.3 Å². The third-order valence-corrected chi connectivity index (χ3v) is 3.07. The molecule has 3 rings (SSSR count). The van der Waals surface area contributed by atoms with E-state index in [0.29, 0.717) is 30.3 Å². The van der Waals surface area contributed by atoms with Gasteiger partial charge >= 0.3 is 5.97 Å². The number of halogens is 1. The second kappa shape index (κ2) is 4.85. The Morgan fingerprint density at radius 3 is 2.40 bits per heavy atom. The SMILES string of the molecule is O=C(O)c1cc(-c2ccc3c(c2)OCCO3)ccc1F. The number of carboxylic acid groups (broad SMARTS) is 1. The number of carbonyl (C=O) groups is 1. The van der Waals surface area contributed by atoms with Crippen molar-refractivity contribution in [2.75, 3.05) is 13.2 Å². The van der Waals surface area contributed by atoms with E-state index in [0.717, 1.165) is 11.6 Å². The molecule has 0 aromatic heterocycles. The van der Waals surface area contributed by atoms with E-state index >= 15 is 0 Å². The molecule has 0 radical (unpaired) electrons. The van der Waals surface area contributed by atoms with Crippen molar-refractivity contribution < 1.29 is 23.8 Å². The lowest BCUT2D eigenvalue weighted by Crippen LogP contribution is -2.15. The topological polar surface area (TPSA) is 55.8 Å². The minimum atomic E-state index is -1.29. The zero-order valence-corrected chi connectivity index (χ0v) is 10.4. The molecule has 0 amide bonds. The molecular weight excluding hydrogens is 263 g/mol. The number of aromatic carboxylic acids is 1. The number of rotatable bonds is 2. The smallest absolute Gasteiger partial charge is 0.338 e. The fourth-order valence-electron chi connectivity index (χ4n) is 2.09. The number of fused-ring (bicyclic) bond motifs is 1. The molecule has 2 aromatic rings. The number of hydrogen-bond acceptors (Lipinski definition) is 3. The van der Waals surface area contributed by atoms with Gasteiger partial charge in [-0.3, -0.25) is 0 Å². The number of benzene rings is 2. The van der Waals surface area contributed by atoms with E-state index in [-0.39, 0.29) is 5.56 Å². The molecule has 0 aliphatic carbocycles. The third-order valence-electron chi connectivity index (χ3n) is 3.07. The van der Waals surface area contributed by atoms with Crippen molar-refractivity contribution >= 4 is 5.97 Å². The highest BCUT2D eigenvalue weighted by Gasteiger charge is 2.15. The van der Waals surface area contributed by atoms with Gasteiger partial charge in [0.1, 0.15) is 19.0 Å². The average molecular weight is 274 g/mol. The van der Waals surface area contributed by atoms with Gasteiger partial charge in [0.2, 0.25) is 0 Å². The van der Waals surface area contributed by atoms with Gasteiger partial charge in [-0.2, -0.15) is 0 Å². The summed E-state index contributed by atoms with van der Waals surface area (Å²) in [7, 11) is 0. The summed E-state index contributed by atoms with van der Waals surface area (Å²) < 4.78 is 24.3. The summed E-state index contributed by atoms with van der Waals surface area (Å²) in [5.74, 6) is -0.781. The molecule has 0 fully saturated rings. The standard InChI is InChI=1S/C15H11FO4/c16-12-3-1-9(7-11(12)15(17)18)10-2-4-13-14(8-10)20-6-5-19-13/h1-4,7-8H,5-6H2,(H,17,18). The zero-order chi connectivity index (χ0) is 14.1. The predicted octanol–water partition coefficient (Wildman–Crippen LogP) is 2.96. The highest BCUT2D eigenvalue weighted by molar-refractivity contribution is 5.89. The van der Waals surface area contributed by atoms with E-state index in [1.165, 1.54) is 12.1 Å². The largest absolute Gasteiger partial charge is 0.486 e. The van der Waals surface area contributed by atoms with Crippen LogP contribution in [0.1, 0.15) is 10.4 Å². The van der Waals surface area contributed by atoms with Crippen LogP contribution in [0.4, 0.5) is 4.39 Å². The van der Waals surface area contributed by atoms with E-state index in [4.69, 9.17) is 14.6 Å².